The average Bonchev–Trinajstić information content (AvgIpc) is 2.10. The van der Waals surface area contributed by atoms with Gasteiger partial charge in [0.15, 0.2) is 0 Å². The lowest BCUT2D eigenvalue weighted by molar-refractivity contribution is -0.137. The second kappa shape index (κ2) is 5.11. The molecule has 0 aliphatic heterocycles. The van der Waals surface area contributed by atoms with Gasteiger partial charge in [-0.3, -0.25) is 4.79 Å². The summed E-state index contributed by atoms with van der Waals surface area (Å²) in [5.41, 5.74) is 0.574. The number of halogens is 2. The number of carboxylic acid groups (broad SMARTS) is 1. The van der Waals surface area contributed by atoms with E-state index >= 15 is 0 Å². The van der Waals surface area contributed by atoms with E-state index < -0.39 is 5.97 Å². The van der Waals surface area contributed by atoms with Gasteiger partial charge in [0.25, 0.3) is 0 Å². The molecule has 0 saturated heterocycles. The van der Waals surface area contributed by atoms with Gasteiger partial charge in [0.2, 0.25) is 0 Å². The zero-order chi connectivity index (χ0) is 11.4. The van der Waals surface area contributed by atoms with Gasteiger partial charge in [-0.25, -0.2) is 4.39 Å². The van der Waals surface area contributed by atoms with Crippen LogP contribution >= 0.6 is 15.9 Å². The van der Waals surface area contributed by atoms with E-state index in [1.54, 1.807) is 19.1 Å². The van der Waals surface area contributed by atoms with Crippen molar-refractivity contribution < 1.29 is 14.3 Å². The number of hydrogen-bond donors (Lipinski definition) is 2. The van der Waals surface area contributed by atoms with E-state index in [2.05, 4.69) is 21.2 Å². The monoisotopic (exact) mass is 275 g/mol. The Kier molecular flexibility index (Phi) is 4.08. The molecule has 5 heteroatoms. The summed E-state index contributed by atoms with van der Waals surface area (Å²) in [5.74, 6) is -1.25. The van der Waals surface area contributed by atoms with Crippen LogP contribution in [0, 0.1) is 5.82 Å². The topological polar surface area (TPSA) is 49.3 Å². The number of carbonyl (C=O) groups is 1. The van der Waals surface area contributed by atoms with E-state index in [4.69, 9.17) is 5.11 Å². The molecule has 15 heavy (non-hydrogen) atoms. The third kappa shape index (κ3) is 3.87. The molecular formula is C10H11BrFNO2. The summed E-state index contributed by atoms with van der Waals surface area (Å²) in [4.78, 5) is 10.4. The highest BCUT2D eigenvalue weighted by Crippen LogP contribution is 2.20. The molecule has 0 aromatic heterocycles. The molecule has 0 aliphatic carbocycles. The van der Waals surface area contributed by atoms with Crippen molar-refractivity contribution in [3.63, 3.8) is 0 Å². The molecule has 1 rings (SSSR count). The van der Waals surface area contributed by atoms with Crippen LogP contribution in [-0.2, 0) is 4.79 Å². The predicted octanol–water partition coefficient (Wildman–Crippen LogP) is 2.86. The zero-order valence-corrected chi connectivity index (χ0v) is 9.71. The fourth-order valence-electron chi connectivity index (χ4n) is 1.18. The molecule has 0 spiro atoms. The quantitative estimate of drug-likeness (QED) is 0.889. The van der Waals surface area contributed by atoms with E-state index in [9.17, 15) is 9.18 Å². The van der Waals surface area contributed by atoms with E-state index in [0.29, 0.717) is 10.2 Å². The first-order valence-electron chi connectivity index (χ1n) is 4.42. The summed E-state index contributed by atoms with van der Waals surface area (Å²) >= 11 is 3.04. The van der Waals surface area contributed by atoms with Gasteiger partial charge in [0.1, 0.15) is 5.82 Å². The van der Waals surface area contributed by atoms with Crippen molar-refractivity contribution in [3.8, 4) is 0 Å². The van der Waals surface area contributed by atoms with Crippen molar-refractivity contribution >= 4 is 27.6 Å². The Bertz CT molecular complexity index is 370. The first-order chi connectivity index (χ1) is 6.99. The molecule has 3 nitrogen and oxygen atoms in total. The van der Waals surface area contributed by atoms with Gasteiger partial charge < -0.3 is 10.4 Å². The molecule has 0 radical (unpaired) electrons. The SMILES string of the molecule is CC(CC(=O)O)Nc1ccc(Br)c(F)c1. The lowest BCUT2D eigenvalue weighted by Gasteiger charge is -2.13. The predicted molar refractivity (Wildman–Crippen MR) is 59.4 cm³/mol. The Hall–Kier alpha value is -1.10. The number of rotatable bonds is 4. The average molecular weight is 276 g/mol. The summed E-state index contributed by atoms with van der Waals surface area (Å²) in [5, 5.41) is 11.4. The fraction of sp³-hybridized carbons (Fsp3) is 0.300. The number of anilines is 1. The third-order valence-corrected chi connectivity index (χ3v) is 2.46. The van der Waals surface area contributed by atoms with E-state index in [1.807, 2.05) is 0 Å². The minimum Gasteiger partial charge on any atom is -0.481 e. The first kappa shape index (κ1) is 12.0. The summed E-state index contributed by atoms with van der Waals surface area (Å²) in [7, 11) is 0. The second-order valence-corrected chi connectivity index (χ2v) is 4.13. The highest BCUT2D eigenvalue weighted by molar-refractivity contribution is 9.10. The van der Waals surface area contributed by atoms with Crippen LogP contribution in [0.2, 0.25) is 0 Å². The van der Waals surface area contributed by atoms with Gasteiger partial charge in [0.05, 0.1) is 10.9 Å². The smallest absolute Gasteiger partial charge is 0.305 e. The van der Waals surface area contributed by atoms with Crippen molar-refractivity contribution in [2.45, 2.75) is 19.4 Å². The Labute approximate surface area is 95.4 Å². The van der Waals surface area contributed by atoms with Gasteiger partial charge in [-0.2, -0.15) is 0 Å². The standard InChI is InChI=1S/C10H11BrFNO2/c1-6(4-10(14)15)13-7-2-3-8(11)9(12)5-7/h2-3,5-6,13H,4H2,1H3,(H,14,15). The maximum Gasteiger partial charge on any atom is 0.305 e. The molecule has 0 amide bonds. The van der Waals surface area contributed by atoms with E-state index in [0.717, 1.165) is 0 Å². The molecule has 0 saturated carbocycles. The number of aliphatic carboxylic acids is 1. The molecule has 1 aromatic rings. The minimum atomic E-state index is -0.882. The summed E-state index contributed by atoms with van der Waals surface area (Å²) in [6.45, 7) is 1.73. The number of nitrogens with one attached hydrogen (secondary N) is 1. The fourth-order valence-corrected chi connectivity index (χ4v) is 1.43. The Morgan fingerprint density at radius 1 is 1.67 bits per heavy atom. The van der Waals surface area contributed by atoms with Crippen LogP contribution in [0.25, 0.3) is 0 Å². The van der Waals surface area contributed by atoms with Crippen molar-refractivity contribution in [2.24, 2.45) is 0 Å². The van der Waals surface area contributed by atoms with E-state index in [1.165, 1.54) is 6.07 Å². The van der Waals surface area contributed by atoms with E-state index in [-0.39, 0.29) is 18.3 Å². The number of carboxylic acids is 1. The Morgan fingerprint density at radius 3 is 2.87 bits per heavy atom. The summed E-state index contributed by atoms with van der Waals surface area (Å²) < 4.78 is 13.5. The van der Waals surface area contributed by atoms with Crippen LogP contribution in [0.3, 0.4) is 0 Å². The van der Waals surface area contributed by atoms with Crippen LogP contribution in [0.1, 0.15) is 13.3 Å². The molecule has 1 unspecified atom stereocenters. The first-order valence-corrected chi connectivity index (χ1v) is 5.21. The number of benzene rings is 1. The molecule has 1 aromatic carbocycles. The van der Waals surface area contributed by atoms with Gasteiger partial charge in [-0.1, -0.05) is 0 Å². The highest BCUT2D eigenvalue weighted by atomic mass is 79.9. The van der Waals surface area contributed by atoms with Gasteiger partial charge in [0, 0.05) is 11.7 Å². The van der Waals surface area contributed by atoms with Crippen LogP contribution < -0.4 is 5.32 Å². The van der Waals surface area contributed by atoms with Crippen molar-refractivity contribution in [1.82, 2.24) is 0 Å². The third-order valence-electron chi connectivity index (χ3n) is 1.81. The molecule has 0 heterocycles. The molecule has 1 atom stereocenters. The highest BCUT2D eigenvalue weighted by Gasteiger charge is 2.08. The van der Waals surface area contributed by atoms with Crippen molar-refractivity contribution in [3.05, 3.63) is 28.5 Å². The summed E-state index contributed by atoms with van der Waals surface area (Å²) in [6.07, 6.45) is -0.00230. The van der Waals surface area contributed by atoms with Gasteiger partial charge >= 0.3 is 5.97 Å². The molecule has 2 N–H and O–H groups in total. The Balaban J connectivity index is 2.64. The molecular weight excluding hydrogens is 265 g/mol. The summed E-state index contributed by atoms with van der Waals surface area (Å²) in [6, 6.07) is 4.35. The van der Waals surface area contributed by atoms with Crippen molar-refractivity contribution in [1.29, 1.82) is 0 Å². The second-order valence-electron chi connectivity index (χ2n) is 3.27. The zero-order valence-electron chi connectivity index (χ0n) is 8.13. The van der Waals surface area contributed by atoms with Gasteiger partial charge in [-0.15, -0.1) is 0 Å². The van der Waals surface area contributed by atoms with Crippen LogP contribution in [0.5, 0.6) is 0 Å². The lowest BCUT2D eigenvalue weighted by Crippen LogP contribution is -2.19. The Morgan fingerprint density at radius 2 is 2.33 bits per heavy atom. The van der Waals surface area contributed by atoms with Gasteiger partial charge in [-0.05, 0) is 41.1 Å². The molecule has 0 fully saturated rings. The number of hydrogen-bond acceptors (Lipinski definition) is 2. The molecule has 0 bridgehead atoms. The lowest BCUT2D eigenvalue weighted by atomic mass is 10.2. The van der Waals surface area contributed by atoms with Crippen molar-refractivity contribution in [2.75, 3.05) is 5.32 Å². The maximum atomic E-state index is 13.1. The van der Waals surface area contributed by atoms with Crippen LogP contribution in [0.4, 0.5) is 10.1 Å². The van der Waals surface area contributed by atoms with Crippen LogP contribution in [0.15, 0.2) is 22.7 Å². The minimum absolute atomic E-state index is 0.00230. The maximum absolute atomic E-state index is 13.1. The normalized spacial score (nSPS) is 12.2. The molecule has 0 aliphatic rings. The largest absolute Gasteiger partial charge is 0.481 e. The van der Waals surface area contributed by atoms with Crippen LogP contribution in [-0.4, -0.2) is 17.1 Å². The molecule has 82 valence electrons.